The zero-order valence-electron chi connectivity index (χ0n) is 7.65. The summed E-state index contributed by atoms with van der Waals surface area (Å²) >= 11 is 5.19. The van der Waals surface area contributed by atoms with Crippen molar-refractivity contribution in [3.8, 4) is 0 Å². The van der Waals surface area contributed by atoms with Crippen molar-refractivity contribution in [2.45, 2.75) is 0 Å². The van der Waals surface area contributed by atoms with Gasteiger partial charge in [-0.3, -0.25) is 11.1 Å². The summed E-state index contributed by atoms with van der Waals surface area (Å²) in [5, 5.41) is 5.49. The van der Waals surface area contributed by atoms with Crippen LogP contribution < -0.4 is 11.1 Å². The minimum absolute atomic E-state index is 0. The Kier molecular flexibility index (Phi) is 41.7. The normalized spacial score (nSPS) is 6.23. The van der Waals surface area contributed by atoms with Gasteiger partial charge in [-0.25, -0.2) is 0 Å². The van der Waals surface area contributed by atoms with E-state index in [0.717, 1.165) is 11.5 Å². The van der Waals surface area contributed by atoms with Crippen LogP contribution in [0.1, 0.15) is 0 Å². The number of rotatable bonds is 3. The molecule has 0 bridgehead atoms. The van der Waals surface area contributed by atoms with Crippen LogP contribution in [0.2, 0.25) is 0 Å². The fourth-order valence-electron chi connectivity index (χ4n) is 0.155. The van der Waals surface area contributed by atoms with Crippen LogP contribution in [0.5, 0.6) is 0 Å². The van der Waals surface area contributed by atoms with Gasteiger partial charge >= 0.3 is 0 Å². The largest absolute Gasteiger partial charge is 0.300 e. The third-order valence-electron chi connectivity index (χ3n) is 0.497. The predicted molar refractivity (Wildman–Crippen MR) is 63.6 cm³/mol. The number of nitrogens with two attached hydrogens (primary N) is 2. The Bertz CT molecular complexity index is 134. The van der Waals surface area contributed by atoms with Crippen molar-refractivity contribution in [2.75, 3.05) is 11.5 Å². The summed E-state index contributed by atoms with van der Waals surface area (Å²) in [6.07, 6.45) is 3.49. The number of hydrogen-bond acceptors (Lipinski definition) is 2. The molecule has 13 heavy (non-hydrogen) atoms. The van der Waals surface area contributed by atoms with Gasteiger partial charge < -0.3 is 0 Å². The van der Waals surface area contributed by atoms with Crippen molar-refractivity contribution >= 4 is 38.0 Å². The molecule has 0 aromatic rings. The van der Waals surface area contributed by atoms with Crippen molar-refractivity contribution in [2.24, 2.45) is 5.73 Å². The van der Waals surface area contributed by atoms with Crippen LogP contribution in [0.3, 0.4) is 0 Å². The Labute approximate surface area is 118 Å². The molecule has 4 N–H and O–H groups in total. The molecular weight excluding hydrogens is 276 g/mol. The molecule has 2 nitrogen and oxygen atoms in total. The van der Waals surface area contributed by atoms with Crippen LogP contribution in [-0.4, -0.2) is 25.1 Å². The van der Waals surface area contributed by atoms with Gasteiger partial charge in [0.1, 0.15) is 0 Å². The molecule has 0 amide bonds. The first-order chi connectivity index (χ1) is 5.18. The molecule has 0 aromatic heterocycles. The second kappa shape index (κ2) is 23.0. The summed E-state index contributed by atoms with van der Waals surface area (Å²) in [6.45, 7) is 6.89. The van der Waals surface area contributed by atoms with Crippen LogP contribution in [-0.2, 0) is 32.7 Å². The van der Waals surface area contributed by atoms with Gasteiger partial charge in [0.15, 0.2) is 0 Å². The number of amidine groups is 1. The van der Waals surface area contributed by atoms with E-state index < -0.39 is 0 Å². The van der Waals surface area contributed by atoms with E-state index in [0.29, 0.717) is 5.17 Å². The van der Waals surface area contributed by atoms with E-state index >= 15 is 0 Å². The zero-order chi connectivity index (χ0) is 9.11. The van der Waals surface area contributed by atoms with Crippen molar-refractivity contribution in [3.05, 3.63) is 25.3 Å². The van der Waals surface area contributed by atoms with E-state index in [1.54, 1.807) is 12.2 Å². The molecule has 0 unspecified atom stereocenters. The fourth-order valence-corrected chi connectivity index (χ4v) is 0.465. The van der Waals surface area contributed by atoms with Gasteiger partial charge in [-0.1, -0.05) is 12.2 Å². The molecule has 0 aliphatic rings. The first kappa shape index (κ1) is 23.6. The summed E-state index contributed by atoms with van der Waals surface area (Å²) < 4.78 is 0. The third-order valence-corrected chi connectivity index (χ3v) is 1.49. The maximum atomic E-state index is 5.09. The molecule has 70 valence electrons. The monoisotopic (exact) mass is 291 g/mol. The predicted octanol–water partition coefficient (Wildman–Crippen LogP) is -0.302. The number of thiol groups is 1. The molecule has 0 heterocycles. The molecule has 0 atom stereocenters. The third kappa shape index (κ3) is 44.3. The molecule has 0 spiro atoms. The van der Waals surface area contributed by atoms with Gasteiger partial charge in [0.25, 0.3) is 5.17 Å². The van der Waals surface area contributed by atoms with E-state index in [4.69, 9.17) is 11.1 Å². The van der Waals surface area contributed by atoms with E-state index in [2.05, 4.69) is 25.8 Å². The van der Waals surface area contributed by atoms with Gasteiger partial charge in [0, 0.05) is 52.6 Å². The molecule has 0 fully saturated rings. The van der Waals surface area contributed by atoms with Gasteiger partial charge in [0.2, 0.25) is 0 Å². The molecular formula is C7H15BN2S2Y+. The van der Waals surface area contributed by atoms with Crippen LogP contribution in [0.15, 0.2) is 25.3 Å². The summed E-state index contributed by atoms with van der Waals surface area (Å²) in [6, 6.07) is 0. The quantitative estimate of drug-likeness (QED) is 0.220. The first-order valence-electron chi connectivity index (χ1n) is 3.02. The second-order valence-corrected chi connectivity index (χ2v) is 2.93. The maximum Gasteiger partial charge on any atom is 0.300 e. The van der Waals surface area contributed by atoms with E-state index in [9.17, 15) is 0 Å². The summed E-state index contributed by atoms with van der Waals surface area (Å²) in [7, 11) is 0. The van der Waals surface area contributed by atoms with Crippen molar-refractivity contribution in [3.63, 3.8) is 0 Å². The standard InChI is InChI=1S/C4H8N2S.C3H6S.B.Y/c1-2-3-7-4(5)6;1-2-3-4;;/h2H,1,3H2,(H3,5,6);2,4H,1,3H2;;/p+1. The Morgan fingerprint density at radius 3 is 1.92 bits per heavy atom. The van der Waals surface area contributed by atoms with Crippen molar-refractivity contribution in [1.82, 2.24) is 0 Å². The number of thioether (sulfide) groups is 1. The van der Waals surface area contributed by atoms with Gasteiger partial charge in [-0.15, -0.1) is 13.2 Å². The van der Waals surface area contributed by atoms with Gasteiger partial charge in [-0.2, -0.15) is 12.6 Å². The fraction of sp³-hybridized carbons (Fsp3) is 0.286. The average Bonchev–Trinajstić information content (AvgIpc) is 2.01. The molecule has 0 aromatic carbocycles. The average molecular weight is 291 g/mol. The van der Waals surface area contributed by atoms with E-state index in [-0.39, 0.29) is 41.1 Å². The van der Waals surface area contributed by atoms with Crippen LogP contribution >= 0.6 is 24.4 Å². The molecule has 0 saturated heterocycles. The smallest absolute Gasteiger partial charge is 0.282 e. The number of hydrogen-bond donors (Lipinski definition) is 3. The van der Waals surface area contributed by atoms with Gasteiger partial charge in [0.05, 0.1) is 0 Å². The van der Waals surface area contributed by atoms with E-state index in [1.165, 1.54) is 11.8 Å². The van der Waals surface area contributed by atoms with Crippen LogP contribution in [0.25, 0.3) is 0 Å². The maximum absolute atomic E-state index is 5.09. The summed E-state index contributed by atoms with van der Waals surface area (Å²) in [4.78, 5) is 0. The first-order valence-corrected chi connectivity index (χ1v) is 4.64. The molecule has 0 aliphatic carbocycles. The van der Waals surface area contributed by atoms with Crippen molar-refractivity contribution < 1.29 is 38.1 Å². The van der Waals surface area contributed by atoms with E-state index in [1.807, 2.05) is 0 Å². The van der Waals surface area contributed by atoms with Crippen LogP contribution in [0, 0.1) is 0 Å². The Morgan fingerprint density at radius 1 is 1.46 bits per heavy atom. The molecule has 0 rings (SSSR count). The molecule has 6 heteroatoms. The van der Waals surface area contributed by atoms with Crippen LogP contribution in [0.4, 0.5) is 0 Å². The second-order valence-electron chi connectivity index (χ2n) is 1.47. The molecule has 0 aliphatic heterocycles. The Morgan fingerprint density at radius 2 is 1.85 bits per heavy atom. The summed E-state index contributed by atoms with van der Waals surface area (Å²) in [5.41, 5.74) is 5.09. The zero-order valence-corrected chi connectivity index (χ0v) is 12.2. The minimum atomic E-state index is 0. The Balaban J connectivity index is -0.0000000600. The molecule has 0 saturated carbocycles. The Hall–Kier alpha value is 0.819. The topological polar surface area (TPSA) is 51.6 Å². The summed E-state index contributed by atoms with van der Waals surface area (Å²) in [5.74, 6) is 1.57. The molecule has 4 radical (unpaired) electrons. The SMILES string of the molecule is C=CCS.C=CCSC(N)=[NH2+].[B].[Y]. The minimum Gasteiger partial charge on any atom is -0.282 e. The van der Waals surface area contributed by atoms with Gasteiger partial charge in [-0.05, 0) is 11.8 Å². The van der Waals surface area contributed by atoms with Crippen molar-refractivity contribution in [1.29, 1.82) is 0 Å².